The lowest BCUT2D eigenvalue weighted by molar-refractivity contribution is 0.208. The van der Waals surface area contributed by atoms with Crippen molar-refractivity contribution < 1.29 is 14.3 Å². The third kappa shape index (κ3) is 4.98. The Bertz CT molecular complexity index is 939. The number of hydrogen-bond acceptors (Lipinski definition) is 7. The standard InChI is InChI=1S/C23H32N6O3/c1-17-24-21(27-9-5-4-6-10-27)16-22(25-17)28-11-13-29(14-12-28)23(30)26-19-15-18(31-2)7-8-20(19)32-3/h7-8,15-16H,4-6,9-14H2,1-3H3,(H,26,30). The fourth-order valence-corrected chi connectivity index (χ4v) is 4.23. The lowest BCUT2D eigenvalue weighted by Gasteiger charge is -2.36. The van der Waals surface area contributed by atoms with Gasteiger partial charge in [-0.05, 0) is 38.3 Å². The number of urea groups is 1. The Labute approximate surface area is 189 Å². The number of ether oxygens (including phenoxy) is 2. The van der Waals surface area contributed by atoms with Crippen molar-refractivity contribution in [1.29, 1.82) is 0 Å². The summed E-state index contributed by atoms with van der Waals surface area (Å²) in [5.74, 6) is 3.99. The van der Waals surface area contributed by atoms with Gasteiger partial charge in [-0.3, -0.25) is 0 Å². The van der Waals surface area contributed by atoms with Crippen LogP contribution in [0.15, 0.2) is 24.3 Å². The number of rotatable bonds is 5. The highest BCUT2D eigenvalue weighted by Gasteiger charge is 2.24. The van der Waals surface area contributed by atoms with Crippen molar-refractivity contribution >= 4 is 23.4 Å². The van der Waals surface area contributed by atoms with E-state index >= 15 is 0 Å². The Morgan fingerprint density at radius 2 is 1.53 bits per heavy atom. The average Bonchev–Trinajstić information content (AvgIpc) is 2.84. The van der Waals surface area contributed by atoms with Gasteiger partial charge in [-0.15, -0.1) is 0 Å². The van der Waals surface area contributed by atoms with Crippen LogP contribution in [0.4, 0.5) is 22.1 Å². The second-order valence-corrected chi connectivity index (χ2v) is 8.15. The van der Waals surface area contributed by atoms with Crippen LogP contribution in [-0.2, 0) is 0 Å². The van der Waals surface area contributed by atoms with Gasteiger partial charge in [0.2, 0.25) is 0 Å². The molecule has 0 radical (unpaired) electrons. The predicted octanol–water partition coefficient (Wildman–Crippen LogP) is 3.15. The summed E-state index contributed by atoms with van der Waals surface area (Å²) in [6.45, 7) is 6.72. The van der Waals surface area contributed by atoms with Crippen LogP contribution >= 0.6 is 0 Å². The van der Waals surface area contributed by atoms with E-state index in [1.807, 2.05) is 11.8 Å². The number of aryl methyl sites for hydroxylation is 1. The minimum absolute atomic E-state index is 0.149. The van der Waals surface area contributed by atoms with Gasteiger partial charge < -0.3 is 29.5 Å². The molecule has 32 heavy (non-hydrogen) atoms. The molecular formula is C23H32N6O3. The molecule has 4 rings (SSSR count). The number of anilines is 3. The topological polar surface area (TPSA) is 83.1 Å². The zero-order valence-corrected chi connectivity index (χ0v) is 19.1. The maximum absolute atomic E-state index is 12.9. The molecule has 0 spiro atoms. The fraction of sp³-hybridized carbons (Fsp3) is 0.522. The first kappa shape index (κ1) is 22.0. The van der Waals surface area contributed by atoms with Crippen LogP contribution in [0, 0.1) is 6.92 Å². The minimum Gasteiger partial charge on any atom is -0.497 e. The number of nitrogens with zero attached hydrogens (tertiary/aromatic N) is 5. The zero-order valence-electron chi connectivity index (χ0n) is 19.1. The molecule has 2 fully saturated rings. The van der Waals surface area contributed by atoms with Crippen LogP contribution in [0.1, 0.15) is 25.1 Å². The molecule has 2 aromatic rings. The van der Waals surface area contributed by atoms with Crippen molar-refractivity contribution in [2.75, 3.05) is 68.6 Å². The summed E-state index contributed by atoms with van der Waals surface area (Å²) >= 11 is 0. The summed E-state index contributed by atoms with van der Waals surface area (Å²) in [6.07, 6.45) is 3.72. The van der Waals surface area contributed by atoms with Gasteiger partial charge in [0.15, 0.2) is 0 Å². The van der Waals surface area contributed by atoms with Gasteiger partial charge in [-0.1, -0.05) is 0 Å². The monoisotopic (exact) mass is 440 g/mol. The summed E-state index contributed by atoms with van der Waals surface area (Å²) in [4.78, 5) is 28.6. The first-order chi connectivity index (χ1) is 15.6. The third-order valence-corrected chi connectivity index (χ3v) is 6.03. The molecule has 3 heterocycles. The molecule has 2 aliphatic heterocycles. The van der Waals surface area contributed by atoms with E-state index in [1.54, 1.807) is 32.4 Å². The molecule has 0 saturated carbocycles. The Morgan fingerprint density at radius 1 is 0.875 bits per heavy atom. The van der Waals surface area contributed by atoms with E-state index in [-0.39, 0.29) is 6.03 Å². The SMILES string of the molecule is COc1ccc(OC)c(NC(=O)N2CCN(c3cc(N4CCCCC4)nc(C)n3)CC2)c1. The Morgan fingerprint density at radius 3 is 2.16 bits per heavy atom. The predicted molar refractivity (Wildman–Crippen MR) is 125 cm³/mol. The highest BCUT2D eigenvalue weighted by atomic mass is 16.5. The third-order valence-electron chi connectivity index (χ3n) is 6.03. The van der Waals surface area contributed by atoms with Crippen molar-refractivity contribution in [2.24, 2.45) is 0 Å². The highest BCUT2D eigenvalue weighted by molar-refractivity contribution is 5.91. The van der Waals surface area contributed by atoms with E-state index < -0.39 is 0 Å². The van der Waals surface area contributed by atoms with E-state index in [4.69, 9.17) is 9.47 Å². The van der Waals surface area contributed by atoms with Crippen LogP contribution < -0.4 is 24.6 Å². The maximum atomic E-state index is 12.9. The Kier molecular flexibility index (Phi) is 6.82. The lowest BCUT2D eigenvalue weighted by atomic mass is 10.1. The number of piperidine rings is 1. The summed E-state index contributed by atoms with van der Waals surface area (Å²) in [6, 6.07) is 7.29. The molecule has 0 bridgehead atoms. The normalized spacial score (nSPS) is 16.7. The lowest BCUT2D eigenvalue weighted by Crippen LogP contribution is -2.50. The number of amides is 2. The van der Waals surface area contributed by atoms with Crippen molar-refractivity contribution in [3.63, 3.8) is 0 Å². The first-order valence-electron chi connectivity index (χ1n) is 11.2. The molecule has 9 heteroatoms. The molecule has 1 aromatic heterocycles. The van der Waals surface area contributed by atoms with Gasteiger partial charge in [0.25, 0.3) is 0 Å². The Balaban J connectivity index is 1.39. The highest BCUT2D eigenvalue weighted by Crippen LogP contribution is 2.29. The molecule has 1 N–H and O–H groups in total. The largest absolute Gasteiger partial charge is 0.497 e. The first-order valence-corrected chi connectivity index (χ1v) is 11.2. The van der Waals surface area contributed by atoms with Crippen molar-refractivity contribution in [2.45, 2.75) is 26.2 Å². The van der Waals surface area contributed by atoms with Crippen LogP contribution in [0.25, 0.3) is 0 Å². The van der Waals surface area contributed by atoms with Crippen molar-refractivity contribution in [3.05, 3.63) is 30.1 Å². The summed E-state index contributed by atoms with van der Waals surface area (Å²) in [7, 11) is 3.18. The summed E-state index contributed by atoms with van der Waals surface area (Å²) < 4.78 is 10.6. The fourth-order valence-electron chi connectivity index (χ4n) is 4.23. The second kappa shape index (κ2) is 9.93. The average molecular weight is 441 g/mol. The molecule has 0 aliphatic carbocycles. The van der Waals surface area contributed by atoms with E-state index in [9.17, 15) is 4.79 Å². The molecule has 9 nitrogen and oxygen atoms in total. The van der Waals surface area contributed by atoms with Gasteiger partial charge in [0.1, 0.15) is 29.0 Å². The molecule has 0 atom stereocenters. The van der Waals surface area contributed by atoms with E-state index in [0.717, 1.165) is 43.6 Å². The van der Waals surface area contributed by atoms with E-state index in [1.165, 1.54) is 19.3 Å². The number of carbonyl (C=O) groups is 1. The molecule has 2 saturated heterocycles. The number of piperazine rings is 1. The van der Waals surface area contributed by atoms with Gasteiger partial charge in [-0.2, -0.15) is 0 Å². The zero-order chi connectivity index (χ0) is 22.5. The van der Waals surface area contributed by atoms with Gasteiger partial charge in [-0.25, -0.2) is 14.8 Å². The smallest absolute Gasteiger partial charge is 0.322 e. The molecule has 1 aromatic carbocycles. The second-order valence-electron chi connectivity index (χ2n) is 8.15. The summed E-state index contributed by atoms with van der Waals surface area (Å²) in [5, 5.41) is 2.95. The van der Waals surface area contributed by atoms with Crippen molar-refractivity contribution in [3.8, 4) is 11.5 Å². The molecule has 2 amide bonds. The molecule has 0 unspecified atom stereocenters. The van der Waals surface area contributed by atoms with Crippen LogP contribution in [0.3, 0.4) is 0 Å². The quantitative estimate of drug-likeness (QED) is 0.765. The Hall–Kier alpha value is -3.23. The van der Waals surface area contributed by atoms with E-state index in [0.29, 0.717) is 30.3 Å². The van der Waals surface area contributed by atoms with Crippen LogP contribution in [0.2, 0.25) is 0 Å². The number of methoxy groups -OCH3 is 2. The number of carbonyl (C=O) groups excluding carboxylic acids is 1. The van der Waals surface area contributed by atoms with Crippen LogP contribution in [-0.4, -0.2) is 74.4 Å². The number of aromatic nitrogens is 2. The number of nitrogens with one attached hydrogen (secondary N) is 1. The van der Waals surface area contributed by atoms with Gasteiger partial charge >= 0.3 is 6.03 Å². The van der Waals surface area contributed by atoms with Crippen LogP contribution in [0.5, 0.6) is 11.5 Å². The maximum Gasteiger partial charge on any atom is 0.322 e. The number of hydrogen-bond donors (Lipinski definition) is 1. The van der Waals surface area contributed by atoms with Crippen molar-refractivity contribution in [1.82, 2.24) is 14.9 Å². The minimum atomic E-state index is -0.149. The summed E-state index contributed by atoms with van der Waals surface area (Å²) in [5.41, 5.74) is 0.594. The molecular weight excluding hydrogens is 408 g/mol. The van der Waals surface area contributed by atoms with Gasteiger partial charge in [0.05, 0.1) is 19.9 Å². The van der Waals surface area contributed by atoms with E-state index in [2.05, 4.69) is 31.2 Å². The number of benzene rings is 1. The van der Waals surface area contributed by atoms with Gasteiger partial charge in [0, 0.05) is 51.4 Å². The molecule has 172 valence electrons. The molecule has 2 aliphatic rings.